The van der Waals surface area contributed by atoms with Crippen LogP contribution in [0.5, 0.6) is 0 Å². The maximum absolute atomic E-state index is 12.3. The molecule has 5 rings (SSSR count). The first-order chi connectivity index (χ1) is 9.79. The van der Waals surface area contributed by atoms with E-state index in [0.717, 1.165) is 5.57 Å². The maximum atomic E-state index is 12.3. The van der Waals surface area contributed by atoms with E-state index in [0.29, 0.717) is 6.42 Å². The van der Waals surface area contributed by atoms with Gasteiger partial charge in [-0.25, -0.2) is 4.79 Å². The SMILES string of the molecule is C=C(C)C1C2OC(O)C1C1(O)C[C@H]3O[C@]34C(=O)OC2C14C. The molecule has 0 aromatic carbocycles. The second-order valence-electron chi connectivity index (χ2n) is 7.39. The van der Waals surface area contributed by atoms with E-state index in [9.17, 15) is 15.0 Å². The highest BCUT2D eigenvalue weighted by Crippen LogP contribution is 2.77. The van der Waals surface area contributed by atoms with E-state index in [1.807, 2.05) is 13.8 Å². The zero-order valence-corrected chi connectivity index (χ0v) is 11.9. The van der Waals surface area contributed by atoms with E-state index in [-0.39, 0.29) is 12.0 Å². The summed E-state index contributed by atoms with van der Waals surface area (Å²) in [5.74, 6) is -1.12. The van der Waals surface area contributed by atoms with Gasteiger partial charge < -0.3 is 24.4 Å². The van der Waals surface area contributed by atoms with Gasteiger partial charge in [0.15, 0.2) is 6.29 Å². The summed E-state index contributed by atoms with van der Waals surface area (Å²) in [6, 6.07) is 0. The summed E-state index contributed by atoms with van der Waals surface area (Å²) in [6.45, 7) is 7.67. The van der Waals surface area contributed by atoms with Crippen molar-refractivity contribution in [3.8, 4) is 0 Å². The Bertz CT molecular complexity index is 603. The molecule has 2 aliphatic carbocycles. The molecule has 6 heteroatoms. The monoisotopic (exact) mass is 294 g/mol. The van der Waals surface area contributed by atoms with Crippen LogP contribution in [0.1, 0.15) is 20.3 Å². The van der Waals surface area contributed by atoms with Crippen LogP contribution in [0.3, 0.4) is 0 Å². The minimum Gasteiger partial charge on any atom is -0.457 e. The Kier molecular flexibility index (Phi) is 1.83. The van der Waals surface area contributed by atoms with Crippen LogP contribution < -0.4 is 0 Å². The number of carbonyl (C=O) groups excluding carboxylic acids is 1. The highest BCUT2D eigenvalue weighted by Gasteiger charge is 2.94. The van der Waals surface area contributed by atoms with Crippen molar-refractivity contribution in [3.05, 3.63) is 12.2 Å². The van der Waals surface area contributed by atoms with Gasteiger partial charge >= 0.3 is 5.97 Å². The Morgan fingerprint density at radius 3 is 2.86 bits per heavy atom. The topological polar surface area (TPSA) is 88.5 Å². The number of esters is 1. The molecule has 1 spiro atoms. The van der Waals surface area contributed by atoms with Crippen LogP contribution in [0.4, 0.5) is 0 Å². The minimum atomic E-state index is -1.25. The van der Waals surface area contributed by atoms with Gasteiger partial charge in [-0.2, -0.15) is 0 Å². The van der Waals surface area contributed by atoms with Crippen molar-refractivity contribution < 1.29 is 29.2 Å². The molecule has 2 bridgehead atoms. The number of aliphatic hydroxyl groups is 2. The zero-order chi connectivity index (χ0) is 14.9. The van der Waals surface area contributed by atoms with Gasteiger partial charge in [0.05, 0.1) is 11.0 Å². The summed E-state index contributed by atoms with van der Waals surface area (Å²) in [6.07, 6.45) is -2.15. The zero-order valence-electron chi connectivity index (χ0n) is 11.9. The van der Waals surface area contributed by atoms with E-state index >= 15 is 0 Å². The molecule has 114 valence electrons. The summed E-state index contributed by atoms with van der Waals surface area (Å²) >= 11 is 0. The summed E-state index contributed by atoms with van der Waals surface area (Å²) < 4.78 is 16.9. The van der Waals surface area contributed by atoms with Gasteiger partial charge in [-0.1, -0.05) is 12.2 Å². The predicted molar refractivity (Wildman–Crippen MR) is 67.8 cm³/mol. The van der Waals surface area contributed by atoms with Crippen LogP contribution in [0.25, 0.3) is 0 Å². The van der Waals surface area contributed by atoms with Crippen molar-refractivity contribution in [2.24, 2.45) is 17.3 Å². The second kappa shape index (κ2) is 3.06. The molecule has 9 atom stereocenters. The molecule has 21 heavy (non-hydrogen) atoms. The highest BCUT2D eigenvalue weighted by atomic mass is 16.7. The van der Waals surface area contributed by atoms with Crippen molar-refractivity contribution in [1.29, 1.82) is 0 Å². The molecule has 0 radical (unpaired) electrons. The fourth-order valence-electron chi connectivity index (χ4n) is 5.79. The first-order valence-electron chi connectivity index (χ1n) is 7.39. The van der Waals surface area contributed by atoms with Gasteiger partial charge in [0.25, 0.3) is 0 Å². The van der Waals surface area contributed by atoms with Crippen LogP contribution in [0, 0.1) is 17.3 Å². The third-order valence-electron chi connectivity index (χ3n) is 6.76. The van der Waals surface area contributed by atoms with Gasteiger partial charge in [0.2, 0.25) is 5.60 Å². The summed E-state index contributed by atoms with van der Waals surface area (Å²) in [4.78, 5) is 12.3. The van der Waals surface area contributed by atoms with Gasteiger partial charge in [0.1, 0.15) is 18.3 Å². The number of rotatable bonds is 1. The van der Waals surface area contributed by atoms with Crippen molar-refractivity contribution in [2.75, 3.05) is 0 Å². The van der Waals surface area contributed by atoms with Gasteiger partial charge in [-0.05, 0) is 13.8 Å². The minimum absolute atomic E-state index is 0.219. The average Bonchev–Trinajstić information content (AvgIpc) is 2.86. The Morgan fingerprint density at radius 1 is 1.48 bits per heavy atom. The fraction of sp³-hybridized carbons (Fsp3) is 0.800. The number of aliphatic hydroxyl groups excluding tert-OH is 1. The van der Waals surface area contributed by atoms with Gasteiger partial charge in [-0.15, -0.1) is 0 Å². The predicted octanol–water partition coefficient (Wildman–Crippen LogP) is -0.270. The molecule has 2 saturated carbocycles. The number of hydrogen-bond acceptors (Lipinski definition) is 6. The quantitative estimate of drug-likeness (QED) is 0.393. The summed E-state index contributed by atoms with van der Waals surface area (Å²) in [5.41, 5.74) is -2.34. The molecule has 5 aliphatic rings. The standard InChI is InChI=1S/C15H18O6/c1-5(2)7-8-11(16)19-9(7)10-13(3)14(8,18)4-6-15(13,21-6)12(17)20-10/h6-11,16,18H,1,4H2,2-3H3/t6-,7?,8?,9?,10?,11?,13?,14?,15+/m1/s1. The lowest BCUT2D eigenvalue weighted by Crippen LogP contribution is -2.66. The number of hydrogen-bond donors (Lipinski definition) is 2. The van der Waals surface area contributed by atoms with Crippen LogP contribution in [-0.4, -0.2) is 52.0 Å². The van der Waals surface area contributed by atoms with Crippen molar-refractivity contribution in [1.82, 2.24) is 0 Å². The van der Waals surface area contributed by atoms with Crippen LogP contribution in [0.2, 0.25) is 0 Å². The molecule has 7 unspecified atom stereocenters. The molecular formula is C15H18O6. The molecule has 0 aromatic heterocycles. The maximum Gasteiger partial charge on any atom is 0.342 e. The molecule has 3 heterocycles. The number of fused-ring (bicyclic) bond motifs is 4. The molecular weight excluding hydrogens is 276 g/mol. The molecule has 0 amide bonds. The lowest BCUT2D eigenvalue weighted by molar-refractivity contribution is -0.200. The van der Waals surface area contributed by atoms with Gasteiger partial charge in [-0.3, -0.25) is 0 Å². The molecule has 0 aromatic rings. The normalized spacial score (nSPS) is 65.8. The number of epoxide rings is 1. The Morgan fingerprint density at radius 2 is 2.19 bits per heavy atom. The molecule has 2 N–H and O–H groups in total. The van der Waals surface area contributed by atoms with Crippen molar-refractivity contribution >= 4 is 5.97 Å². The molecule has 3 aliphatic heterocycles. The molecule has 6 nitrogen and oxygen atoms in total. The Balaban J connectivity index is 1.76. The summed E-state index contributed by atoms with van der Waals surface area (Å²) in [7, 11) is 0. The summed E-state index contributed by atoms with van der Waals surface area (Å²) in [5, 5.41) is 21.8. The number of ether oxygens (including phenoxy) is 3. The lowest BCUT2D eigenvalue weighted by Gasteiger charge is -2.52. The van der Waals surface area contributed by atoms with Crippen molar-refractivity contribution in [3.63, 3.8) is 0 Å². The first kappa shape index (κ1) is 12.6. The van der Waals surface area contributed by atoms with E-state index in [2.05, 4.69) is 6.58 Å². The third-order valence-corrected chi connectivity index (χ3v) is 6.76. The van der Waals surface area contributed by atoms with Gasteiger partial charge in [0, 0.05) is 18.3 Å². The third kappa shape index (κ3) is 0.933. The van der Waals surface area contributed by atoms with Crippen LogP contribution >= 0.6 is 0 Å². The van der Waals surface area contributed by atoms with E-state index < -0.39 is 47.0 Å². The Labute approximate surface area is 121 Å². The van der Waals surface area contributed by atoms with Crippen LogP contribution in [0.15, 0.2) is 12.2 Å². The molecule has 3 saturated heterocycles. The number of carbonyl (C=O) groups is 1. The van der Waals surface area contributed by atoms with Crippen molar-refractivity contribution in [2.45, 2.75) is 56.1 Å². The first-order valence-corrected chi connectivity index (χ1v) is 7.39. The molecule has 5 fully saturated rings. The fourth-order valence-corrected chi connectivity index (χ4v) is 5.79. The lowest BCUT2D eigenvalue weighted by atomic mass is 9.53. The average molecular weight is 294 g/mol. The highest BCUT2D eigenvalue weighted by molar-refractivity contribution is 5.89. The van der Waals surface area contributed by atoms with Crippen LogP contribution in [-0.2, 0) is 19.0 Å². The van der Waals surface area contributed by atoms with E-state index in [4.69, 9.17) is 14.2 Å². The van der Waals surface area contributed by atoms with E-state index in [1.54, 1.807) is 0 Å². The smallest absolute Gasteiger partial charge is 0.342 e. The second-order valence-corrected chi connectivity index (χ2v) is 7.39. The largest absolute Gasteiger partial charge is 0.457 e. The van der Waals surface area contributed by atoms with E-state index in [1.165, 1.54) is 0 Å². The Hall–Kier alpha value is -0.950.